The molecule has 1 N–H and O–H groups in total. The fourth-order valence-corrected chi connectivity index (χ4v) is 2.51. The Morgan fingerprint density at radius 1 is 1.44 bits per heavy atom. The molecule has 1 fully saturated rings. The molecule has 0 aliphatic carbocycles. The zero-order chi connectivity index (χ0) is 13.0. The molecule has 100 valence electrons. The van der Waals surface area contributed by atoms with Crippen molar-refractivity contribution in [2.45, 2.75) is 38.0 Å². The molecule has 1 aromatic heterocycles. The molecular weight excluding hydrogens is 226 g/mol. The SMILES string of the molecule is CCC(CO)c1nccc(C2CCN(C)CC2)n1. The van der Waals surface area contributed by atoms with Gasteiger partial charge in [0.25, 0.3) is 0 Å². The summed E-state index contributed by atoms with van der Waals surface area (Å²) in [5.41, 5.74) is 1.15. The van der Waals surface area contributed by atoms with Gasteiger partial charge in [-0.2, -0.15) is 0 Å². The van der Waals surface area contributed by atoms with Crippen LogP contribution < -0.4 is 0 Å². The van der Waals surface area contributed by atoms with E-state index in [4.69, 9.17) is 0 Å². The predicted molar refractivity (Wildman–Crippen MR) is 71.6 cm³/mol. The quantitative estimate of drug-likeness (QED) is 0.883. The van der Waals surface area contributed by atoms with Crippen LogP contribution in [0.5, 0.6) is 0 Å². The third-order valence-electron chi connectivity index (χ3n) is 3.91. The molecule has 0 aromatic carbocycles. The Labute approximate surface area is 109 Å². The first-order valence-electron chi connectivity index (χ1n) is 6.86. The number of aromatic nitrogens is 2. The maximum Gasteiger partial charge on any atom is 0.133 e. The average molecular weight is 249 g/mol. The van der Waals surface area contributed by atoms with Crippen molar-refractivity contribution < 1.29 is 5.11 Å². The summed E-state index contributed by atoms with van der Waals surface area (Å²) >= 11 is 0. The molecule has 2 heterocycles. The van der Waals surface area contributed by atoms with Gasteiger partial charge in [-0.1, -0.05) is 6.92 Å². The number of aliphatic hydroxyl groups excluding tert-OH is 1. The van der Waals surface area contributed by atoms with Gasteiger partial charge in [0.1, 0.15) is 5.82 Å². The van der Waals surface area contributed by atoms with Crippen molar-refractivity contribution in [1.29, 1.82) is 0 Å². The Kier molecular flexibility index (Phi) is 4.66. The summed E-state index contributed by atoms with van der Waals surface area (Å²) in [7, 11) is 2.17. The third kappa shape index (κ3) is 3.06. The second kappa shape index (κ2) is 6.25. The van der Waals surface area contributed by atoms with Crippen LogP contribution in [0.4, 0.5) is 0 Å². The normalized spacial score (nSPS) is 19.9. The maximum atomic E-state index is 9.33. The third-order valence-corrected chi connectivity index (χ3v) is 3.91. The molecule has 0 saturated carbocycles. The highest BCUT2D eigenvalue weighted by atomic mass is 16.3. The van der Waals surface area contributed by atoms with Crippen molar-refractivity contribution in [2.24, 2.45) is 0 Å². The highest BCUT2D eigenvalue weighted by Crippen LogP contribution is 2.26. The first kappa shape index (κ1) is 13.4. The minimum absolute atomic E-state index is 0.0798. The lowest BCUT2D eigenvalue weighted by Gasteiger charge is -2.28. The molecular formula is C14H23N3O. The van der Waals surface area contributed by atoms with Gasteiger partial charge in [-0.15, -0.1) is 0 Å². The van der Waals surface area contributed by atoms with E-state index in [2.05, 4.69) is 28.8 Å². The fraction of sp³-hybridized carbons (Fsp3) is 0.714. The van der Waals surface area contributed by atoms with Crippen molar-refractivity contribution in [3.8, 4) is 0 Å². The molecule has 0 spiro atoms. The number of piperidine rings is 1. The molecule has 2 rings (SSSR count). The molecule has 1 aromatic rings. The highest BCUT2D eigenvalue weighted by Gasteiger charge is 2.21. The van der Waals surface area contributed by atoms with Crippen LogP contribution >= 0.6 is 0 Å². The van der Waals surface area contributed by atoms with Crippen LogP contribution in [0.25, 0.3) is 0 Å². The highest BCUT2D eigenvalue weighted by molar-refractivity contribution is 5.11. The second-order valence-electron chi connectivity index (χ2n) is 5.21. The van der Waals surface area contributed by atoms with Gasteiger partial charge >= 0.3 is 0 Å². The molecule has 0 bridgehead atoms. The molecule has 1 unspecified atom stereocenters. The van der Waals surface area contributed by atoms with E-state index in [9.17, 15) is 5.11 Å². The van der Waals surface area contributed by atoms with E-state index in [-0.39, 0.29) is 12.5 Å². The van der Waals surface area contributed by atoms with E-state index >= 15 is 0 Å². The van der Waals surface area contributed by atoms with Gasteiger partial charge in [-0.05, 0) is 45.5 Å². The van der Waals surface area contributed by atoms with Gasteiger partial charge in [-0.3, -0.25) is 0 Å². The summed E-state index contributed by atoms with van der Waals surface area (Å²) in [6, 6.07) is 2.03. The Bertz CT molecular complexity index is 371. The monoisotopic (exact) mass is 249 g/mol. The van der Waals surface area contributed by atoms with Crippen LogP contribution in [0.1, 0.15) is 49.5 Å². The van der Waals surface area contributed by atoms with Gasteiger partial charge in [0, 0.05) is 23.7 Å². The smallest absolute Gasteiger partial charge is 0.133 e. The average Bonchev–Trinajstić information content (AvgIpc) is 2.41. The first-order valence-corrected chi connectivity index (χ1v) is 6.86. The van der Waals surface area contributed by atoms with Crippen LogP contribution in [0.15, 0.2) is 12.3 Å². The maximum absolute atomic E-state index is 9.33. The van der Waals surface area contributed by atoms with E-state index in [1.807, 2.05) is 12.3 Å². The van der Waals surface area contributed by atoms with Gasteiger partial charge in [0.15, 0.2) is 0 Å². The molecule has 1 aliphatic rings. The Balaban J connectivity index is 2.11. The first-order chi connectivity index (χ1) is 8.74. The van der Waals surface area contributed by atoms with Crippen molar-refractivity contribution in [3.63, 3.8) is 0 Å². The van der Waals surface area contributed by atoms with Crippen molar-refractivity contribution in [1.82, 2.24) is 14.9 Å². The zero-order valence-electron chi connectivity index (χ0n) is 11.3. The summed E-state index contributed by atoms with van der Waals surface area (Å²) < 4.78 is 0. The predicted octanol–water partition coefficient (Wildman–Crippen LogP) is 1.77. The van der Waals surface area contributed by atoms with E-state index < -0.39 is 0 Å². The molecule has 18 heavy (non-hydrogen) atoms. The number of nitrogens with zero attached hydrogens (tertiary/aromatic N) is 3. The number of hydrogen-bond donors (Lipinski definition) is 1. The lowest BCUT2D eigenvalue weighted by atomic mass is 9.93. The number of hydrogen-bond acceptors (Lipinski definition) is 4. The topological polar surface area (TPSA) is 49.3 Å². The lowest BCUT2D eigenvalue weighted by molar-refractivity contribution is 0.249. The largest absolute Gasteiger partial charge is 0.396 e. The Morgan fingerprint density at radius 3 is 2.78 bits per heavy atom. The minimum atomic E-state index is 0.0798. The molecule has 1 aliphatic heterocycles. The van der Waals surface area contributed by atoms with Crippen molar-refractivity contribution >= 4 is 0 Å². The summed E-state index contributed by atoms with van der Waals surface area (Å²) in [4.78, 5) is 11.3. The van der Waals surface area contributed by atoms with Crippen LogP contribution in [-0.2, 0) is 0 Å². The fourth-order valence-electron chi connectivity index (χ4n) is 2.51. The molecule has 0 amide bonds. The Morgan fingerprint density at radius 2 is 2.17 bits per heavy atom. The summed E-state index contributed by atoms with van der Waals surface area (Å²) in [5, 5.41) is 9.33. The van der Waals surface area contributed by atoms with Crippen LogP contribution in [0.2, 0.25) is 0 Å². The number of likely N-dealkylation sites (tertiary alicyclic amines) is 1. The van der Waals surface area contributed by atoms with Crippen LogP contribution in [-0.4, -0.2) is 46.7 Å². The minimum Gasteiger partial charge on any atom is -0.396 e. The molecule has 4 heteroatoms. The summed E-state index contributed by atoms with van der Waals surface area (Å²) in [6.07, 6.45) is 5.06. The summed E-state index contributed by atoms with van der Waals surface area (Å²) in [5.74, 6) is 1.44. The van der Waals surface area contributed by atoms with Gasteiger partial charge in [-0.25, -0.2) is 9.97 Å². The van der Waals surface area contributed by atoms with Crippen LogP contribution in [0.3, 0.4) is 0 Å². The van der Waals surface area contributed by atoms with Crippen molar-refractivity contribution in [3.05, 3.63) is 23.8 Å². The zero-order valence-corrected chi connectivity index (χ0v) is 11.3. The number of rotatable bonds is 4. The van der Waals surface area contributed by atoms with Gasteiger partial charge < -0.3 is 10.0 Å². The van der Waals surface area contributed by atoms with E-state index in [1.54, 1.807) is 0 Å². The Hall–Kier alpha value is -1.00. The van der Waals surface area contributed by atoms with E-state index in [0.717, 1.165) is 31.0 Å². The van der Waals surface area contributed by atoms with Crippen molar-refractivity contribution in [2.75, 3.05) is 26.7 Å². The molecule has 4 nitrogen and oxygen atoms in total. The van der Waals surface area contributed by atoms with E-state index in [1.165, 1.54) is 12.8 Å². The number of aliphatic hydroxyl groups is 1. The molecule has 0 radical (unpaired) electrons. The van der Waals surface area contributed by atoms with Gasteiger partial charge in [0.2, 0.25) is 0 Å². The van der Waals surface area contributed by atoms with Crippen LogP contribution in [0, 0.1) is 0 Å². The molecule has 1 saturated heterocycles. The van der Waals surface area contributed by atoms with Gasteiger partial charge in [0.05, 0.1) is 6.61 Å². The summed E-state index contributed by atoms with van der Waals surface area (Å²) in [6.45, 7) is 4.47. The standard InChI is InChI=1S/C14H23N3O/c1-3-11(10-18)14-15-7-4-13(16-14)12-5-8-17(2)9-6-12/h4,7,11-12,18H,3,5-6,8-10H2,1-2H3. The molecule has 1 atom stereocenters. The van der Waals surface area contributed by atoms with E-state index in [0.29, 0.717) is 5.92 Å². The second-order valence-corrected chi connectivity index (χ2v) is 5.21. The lowest BCUT2D eigenvalue weighted by Crippen LogP contribution is -2.29.